The van der Waals surface area contributed by atoms with Crippen LogP contribution in [-0.2, 0) is 4.79 Å². The van der Waals surface area contributed by atoms with Gasteiger partial charge in [0.05, 0.1) is 38.5 Å². The average molecular weight is 411 g/mol. The van der Waals surface area contributed by atoms with Crippen molar-refractivity contribution in [2.45, 2.75) is 38.8 Å². The van der Waals surface area contributed by atoms with E-state index in [0.717, 1.165) is 54.1 Å². The maximum absolute atomic E-state index is 11.2. The van der Waals surface area contributed by atoms with Crippen molar-refractivity contribution in [2.24, 2.45) is 5.92 Å². The van der Waals surface area contributed by atoms with Crippen LogP contribution in [-0.4, -0.2) is 38.8 Å². The third-order valence-corrected chi connectivity index (χ3v) is 5.63. The smallest absolute Gasteiger partial charge is 0.217 e. The van der Waals surface area contributed by atoms with E-state index in [9.17, 15) is 4.79 Å². The van der Waals surface area contributed by atoms with E-state index < -0.39 is 0 Å². The third-order valence-electron chi connectivity index (χ3n) is 5.63. The quantitative estimate of drug-likeness (QED) is 0.678. The Morgan fingerprint density at radius 1 is 1.13 bits per heavy atom. The molecule has 30 heavy (non-hydrogen) atoms. The summed E-state index contributed by atoms with van der Waals surface area (Å²) in [6.45, 7) is 5.91. The predicted octanol–water partition coefficient (Wildman–Crippen LogP) is 3.95. The molecule has 1 saturated heterocycles. The van der Waals surface area contributed by atoms with Gasteiger partial charge in [0.2, 0.25) is 5.91 Å². The van der Waals surface area contributed by atoms with Gasteiger partial charge in [-0.15, -0.1) is 0 Å². The van der Waals surface area contributed by atoms with Gasteiger partial charge in [0.25, 0.3) is 0 Å². The van der Waals surface area contributed by atoms with Gasteiger partial charge in [-0.25, -0.2) is 0 Å². The Kier molecular flexibility index (Phi) is 6.02. The van der Waals surface area contributed by atoms with E-state index in [4.69, 9.17) is 14.2 Å². The number of carbonyl (C=O) groups excluding carboxylic acids is 1. The lowest BCUT2D eigenvalue weighted by Crippen LogP contribution is -2.54. The van der Waals surface area contributed by atoms with Crippen molar-refractivity contribution in [1.82, 2.24) is 5.32 Å². The van der Waals surface area contributed by atoms with Gasteiger partial charge in [-0.2, -0.15) is 0 Å². The number of hydrogen-bond acceptors (Lipinski definition) is 5. The highest BCUT2D eigenvalue weighted by molar-refractivity contribution is 5.73. The van der Waals surface area contributed by atoms with Gasteiger partial charge < -0.3 is 24.4 Å². The van der Waals surface area contributed by atoms with Gasteiger partial charge in [0, 0.05) is 13.0 Å². The van der Waals surface area contributed by atoms with Crippen LogP contribution in [0.1, 0.15) is 38.3 Å². The Morgan fingerprint density at radius 2 is 1.83 bits per heavy atom. The van der Waals surface area contributed by atoms with Crippen molar-refractivity contribution >= 4 is 11.6 Å². The number of rotatable bonds is 9. The average Bonchev–Trinajstić information content (AvgIpc) is 3.53. The summed E-state index contributed by atoms with van der Waals surface area (Å²) in [5.41, 5.74) is 2.12. The maximum atomic E-state index is 11.2. The van der Waals surface area contributed by atoms with E-state index in [-0.39, 0.29) is 18.1 Å². The molecule has 6 nitrogen and oxygen atoms in total. The number of nitrogens with zero attached hydrogens (tertiary/aromatic N) is 1. The maximum Gasteiger partial charge on any atom is 0.217 e. The highest BCUT2D eigenvalue weighted by Crippen LogP contribution is 2.36. The summed E-state index contributed by atoms with van der Waals surface area (Å²) in [7, 11) is 1.70. The van der Waals surface area contributed by atoms with Gasteiger partial charge in [-0.3, -0.25) is 4.79 Å². The Labute approximate surface area is 178 Å². The number of ether oxygens (including phenoxy) is 3. The topological polar surface area (TPSA) is 60.0 Å². The fraction of sp³-hybridized carbons (Fsp3) is 0.458. The monoisotopic (exact) mass is 410 g/mol. The van der Waals surface area contributed by atoms with E-state index in [1.165, 1.54) is 19.8 Å². The minimum absolute atomic E-state index is 0.0144. The lowest BCUT2D eigenvalue weighted by molar-refractivity contribution is -0.119. The summed E-state index contributed by atoms with van der Waals surface area (Å²) in [4.78, 5) is 13.5. The number of methoxy groups -OCH3 is 1. The molecule has 2 aliphatic rings. The molecule has 2 fully saturated rings. The molecule has 0 bridgehead atoms. The van der Waals surface area contributed by atoms with Gasteiger partial charge in [0.1, 0.15) is 23.4 Å². The van der Waals surface area contributed by atoms with Gasteiger partial charge in [0.15, 0.2) is 0 Å². The van der Waals surface area contributed by atoms with Crippen LogP contribution in [0.2, 0.25) is 0 Å². The first kappa shape index (κ1) is 20.4. The molecule has 1 aliphatic carbocycles. The van der Waals surface area contributed by atoms with E-state index in [1.54, 1.807) is 7.11 Å². The lowest BCUT2D eigenvalue weighted by Gasteiger charge is -2.41. The predicted molar refractivity (Wildman–Crippen MR) is 117 cm³/mol. The van der Waals surface area contributed by atoms with Crippen molar-refractivity contribution in [3.05, 3.63) is 48.0 Å². The van der Waals surface area contributed by atoms with Crippen molar-refractivity contribution in [3.8, 4) is 17.2 Å². The zero-order valence-corrected chi connectivity index (χ0v) is 17.9. The second kappa shape index (κ2) is 8.86. The normalized spacial score (nSPS) is 17.1. The van der Waals surface area contributed by atoms with E-state index in [0.29, 0.717) is 0 Å². The molecule has 1 unspecified atom stereocenters. The summed E-state index contributed by atoms with van der Waals surface area (Å²) in [5.74, 6) is 3.23. The molecule has 0 aromatic heterocycles. The zero-order chi connectivity index (χ0) is 21.1. The molecule has 4 rings (SSSR count). The Morgan fingerprint density at radius 3 is 2.47 bits per heavy atom. The highest BCUT2D eigenvalue weighted by atomic mass is 16.5. The molecule has 2 aromatic carbocycles. The summed E-state index contributed by atoms with van der Waals surface area (Å²) in [5, 5.41) is 2.89. The minimum Gasteiger partial charge on any atom is -0.494 e. The third kappa shape index (κ3) is 4.99. The number of amides is 1. The second-order valence-corrected chi connectivity index (χ2v) is 8.22. The van der Waals surface area contributed by atoms with E-state index >= 15 is 0 Å². The first-order valence-electron chi connectivity index (χ1n) is 10.6. The summed E-state index contributed by atoms with van der Waals surface area (Å²) >= 11 is 0. The summed E-state index contributed by atoms with van der Waals surface area (Å²) < 4.78 is 17.5. The van der Waals surface area contributed by atoms with Gasteiger partial charge in [-0.05, 0) is 55.5 Å². The fourth-order valence-electron chi connectivity index (χ4n) is 3.63. The number of hydrogen-bond donors (Lipinski definition) is 1. The molecule has 1 aliphatic heterocycles. The van der Waals surface area contributed by atoms with Crippen molar-refractivity contribution in [2.75, 3.05) is 31.7 Å². The van der Waals surface area contributed by atoms with Crippen LogP contribution in [0.4, 0.5) is 5.69 Å². The zero-order valence-electron chi connectivity index (χ0n) is 17.9. The molecule has 1 heterocycles. The second-order valence-electron chi connectivity index (χ2n) is 8.22. The molecule has 6 heteroatoms. The lowest BCUT2D eigenvalue weighted by atomic mass is 10.1. The molecule has 1 atom stereocenters. The van der Waals surface area contributed by atoms with Crippen LogP contribution < -0.4 is 24.4 Å². The van der Waals surface area contributed by atoms with Crippen LogP contribution >= 0.6 is 0 Å². The molecular weight excluding hydrogens is 380 g/mol. The van der Waals surface area contributed by atoms with Crippen LogP contribution in [0, 0.1) is 5.92 Å². The Bertz CT molecular complexity index is 873. The molecule has 1 N–H and O–H groups in total. The minimum atomic E-state index is -0.0321. The number of carbonyl (C=O) groups is 1. The highest BCUT2D eigenvalue weighted by Gasteiger charge is 2.31. The van der Waals surface area contributed by atoms with Crippen LogP contribution in [0.3, 0.4) is 0 Å². The first-order chi connectivity index (χ1) is 14.5. The molecule has 0 spiro atoms. The largest absolute Gasteiger partial charge is 0.494 e. The Hall–Kier alpha value is -2.89. The number of anilines is 1. The number of nitrogens with one attached hydrogen (secondary N) is 1. The Balaban J connectivity index is 1.29. The first-order valence-corrected chi connectivity index (χ1v) is 10.6. The van der Waals surface area contributed by atoms with Crippen molar-refractivity contribution in [3.63, 3.8) is 0 Å². The standard InChI is InChI=1S/C24H30N2O4/c1-16(25-17(2)27)19-6-8-20(9-7-19)30-22-13-26(14-22)23-11-10-21(12-24(23)28-3)29-15-18-4-5-18/h6-12,16,18,22H,4-5,13-15H2,1-3H3,(H,25,27). The van der Waals surface area contributed by atoms with E-state index in [1.807, 2.05) is 43.3 Å². The van der Waals surface area contributed by atoms with Crippen LogP contribution in [0.15, 0.2) is 42.5 Å². The van der Waals surface area contributed by atoms with Crippen molar-refractivity contribution < 1.29 is 19.0 Å². The molecule has 1 amide bonds. The van der Waals surface area contributed by atoms with Crippen LogP contribution in [0.5, 0.6) is 17.2 Å². The SMILES string of the molecule is COc1cc(OCC2CC2)ccc1N1CC(Oc2ccc(C(C)NC(C)=O)cc2)C1. The molecule has 160 valence electrons. The molecule has 2 aromatic rings. The van der Waals surface area contributed by atoms with E-state index in [2.05, 4.69) is 16.3 Å². The van der Waals surface area contributed by atoms with Crippen LogP contribution in [0.25, 0.3) is 0 Å². The van der Waals surface area contributed by atoms with Crippen molar-refractivity contribution in [1.29, 1.82) is 0 Å². The number of benzene rings is 2. The van der Waals surface area contributed by atoms with Gasteiger partial charge >= 0.3 is 0 Å². The molecule has 0 radical (unpaired) electrons. The summed E-state index contributed by atoms with van der Waals surface area (Å²) in [6, 6.07) is 14.0. The van der Waals surface area contributed by atoms with Gasteiger partial charge in [-0.1, -0.05) is 12.1 Å². The molecular formula is C24H30N2O4. The molecule has 1 saturated carbocycles. The fourth-order valence-corrected chi connectivity index (χ4v) is 3.63. The summed E-state index contributed by atoms with van der Waals surface area (Å²) in [6.07, 6.45) is 2.70.